The van der Waals surface area contributed by atoms with E-state index in [1.807, 2.05) is 0 Å². The molecule has 0 amide bonds. The Balaban J connectivity index is 1.58. The summed E-state index contributed by atoms with van der Waals surface area (Å²) >= 11 is 0. The molecule has 7 nitrogen and oxygen atoms in total. The van der Waals surface area contributed by atoms with E-state index in [0.29, 0.717) is 35.5 Å². The molecule has 7 heteroatoms. The zero-order valence-corrected chi connectivity index (χ0v) is 22.3. The summed E-state index contributed by atoms with van der Waals surface area (Å²) in [6.45, 7) is 7.47. The van der Waals surface area contributed by atoms with Gasteiger partial charge in [-0.2, -0.15) is 5.26 Å². The summed E-state index contributed by atoms with van der Waals surface area (Å²) in [7, 11) is 1.72. The number of pyridine rings is 2. The van der Waals surface area contributed by atoms with E-state index < -0.39 is 0 Å². The second kappa shape index (κ2) is 10.4. The maximum atomic E-state index is 12.9. The molecular weight excluding hydrogens is 474 g/mol. The molecule has 1 aliphatic heterocycles. The van der Waals surface area contributed by atoms with Gasteiger partial charge in [-0.05, 0) is 44.0 Å². The standard InChI is InChI=1S/C31H33N5O2/c1-20-5-9-23(10-6-20)31(24-11-7-21(2)8-12-24)36-17-22(3)35(18-26(36)19-37)28-15-29(38)34(4)27-14-13-25(16-32)33-30(27)28/h5-15,22,26,31,37H,17-19H2,1-4H3/t22-,26-/m1/s1. The molecule has 0 bridgehead atoms. The number of aromatic nitrogens is 2. The highest BCUT2D eigenvalue weighted by Crippen LogP contribution is 2.36. The fraction of sp³-hybridized carbons (Fsp3) is 0.323. The summed E-state index contributed by atoms with van der Waals surface area (Å²) in [5.41, 5.74) is 6.94. The molecule has 0 unspecified atom stereocenters. The van der Waals surface area contributed by atoms with Crippen LogP contribution in [0.15, 0.2) is 71.5 Å². The van der Waals surface area contributed by atoms with Gasteiger partial charge in [0.15, 0.2) is 0 Å². The average Bonchev–Trinajstić information content (AvgIpc) is 2.93. The van der Waals surface area contributed by atoms with Crippen LogP contribution in [0.5, 0.6) is 0 Å². The van der Waals surface area contributed by atoms with Crippen molar-refractivity contribution in [3.05, 3.63) is 105 Å². The maximum Gasteiger partial charge on any atom is 0.252 e. The van der Waals surface area contributed by atoms with Gasteiger partial charge in [0.25, 0.3) is 5.56 Å². The fourth-order valence-corrected chi connectivity index (χ4v) is 5.55. The summed E-state index contributed by atoms with van der Waals surface area (Å²) < 4.78 is 1.56. The third kappa shape index (κ3) is 4.69. The van der Waals surface area contributed by atoms with Crippen molar-refractivity contribution in [2.24, 2.45) is 7.05 Å². The number of hydrogen-bond donors (Lipinski definition) is 1. The molecule has 1 fully saturated rings. The Hall–Kier alpha value is -3.99. The molecule has 1 saturated heterocycles. The molecule has 0 aliphatic carbocycles. The van der Waals surface area contributed by atoms with Crippen LogP contribution in [-0.2, 0) is 7.05 Å². The van der Waals surface area contributed by atoms with E-state index in [1.165, 1.54) is 22.3 Å². The number of piperazine rings is 1. The molecule has 2 atom stereocenters. The predicted molar refractivity (Wildman–Crippen MR) is 150 cm³/mol. The number of benzene rings is 2. The zero-order chi connectivity index (χ0) is 27.0. The van der Waals surface area contributed by atoms with Crippen molar-refractivity contribution in [1.82, 2.24) is 14.5 Å². The van der Waals surface area contributed by atoms with E-state index in [9.17, 15) is 15.2 Å². The number of aliphatic hydroxyl groups excluding tert-OH is 1. The monoisotopic (exact) mass is 507 g/mol. The van der Waals surface area contributed by atoms with E-state index in [2.05, 4.69) is 90.2 Å². The summed E-state index contributed by atoms with van der Waals surface area (Å²) in [5, 5.41) is 20.1. The van der Waals surface area contributed by atoms with Crippen molar-refractivity contribution in [3.8, 4) is 6.07 Å². The Morgan fingerprint density at radius 3 is 2.16 bits per heavy atom. The van der Waals surface area contributed by atoms with Crippen LogP contribution in [0.3, 0.4) is 0 Å². The van der Waals surface area contributed by atoms with Gasteiger partial charge in [-0.1, -0.05) is 59.7 Å². The smallest absolute Gasteiger partial charge is 0.252 e. The Kier molecular flexibility index (Phi) is 7.02. The molecule has 194 valence electrons. The van der Waals surface area contributed by atoms with E-state index in [1.54, 1.807) is 29.8 Å². The van der Waals surface area contributed by atoms with Gasteiger partial charge >= 0.3 is 0 Å². The van der Waals surface area contributed by atoms with Crippen LogP contribution in [0.1, 0.15) is 40.9 Å². The van der Waals surface area contributed by atoms with Crippen molar-refractivity contribution in [3.63, 3.8) is 0 Å². The van der Waals surface area contributed by atoms with E-state index in [-0.39, 0.29) is 30.3 Å². The van der Waals surface area contributed by atoms with Crippen LogP contribution in [0, 0.1) is 25.2 Å². The SMILES string of the molecule is Cc1ccc(C(c2ccc(C)cc2)N2C[C@@H](C)N(c3cc(=O)n(C)c4ccc(C#N)nc34)C[C@@H]2CO)cc1. The first kappa shape index (κ1) is 25.7. The van der Waals surface area contributed by atoms with Crippen LogP contribution in [0.25, 0.3) is 11.0 Å². The van der Waals surface area contributed by atoms with Gasteiger partial charge in [0.05, 0.1) is 29.9 Å². The Labute approximate surface area is 223 Å². The van der Waals surface area contributed by atoms with Crippen molar-refractivity contribution >= 4 is 16.7 Å². The Morgan fingerprint density at radius 1 is 1.00 bits per heavy atom. The normalized spacial score (nSPS) is 18.2. The van der Waals surface area contributed by atoms with Crippen LogP contribution in [0.2, 0.25) is 0 Å². The third-order valence-corrected chi connectivity index (χ3v) is 7.70. The predicted octanol–water partition coefficient (Wildman–Crippen LogP) is 4.08. The van der Waals surface area contributed by atoms with E-state index >= 15 is 0 Å². The molecule has 2 aromatic heterocycles. The molecule has 0 saturated carbocycles. The van der Waals surface area contributed by atoms with Gasteiger partial charge in [-0.3, -0.25) is 9.69 Å². The number of aliphatic hydroxyl groups is 1. The minimum absolute atomic E-state index is 0.0262. The summed E-state index contributed by atoms with van der Waals surface area (Å²) in [6, 6.07) is 24.2. The lowest BCUT2D eigenvalue weighted by molar-refractivity contribution is 0.0727. The maximum absolute atomic E-state index is 12.9. The molecule has 0 radical (unpaired) electrons. The minimum atomic E-state index is -0.183. The van der Waals surface area contributed by atoms with Gasteiger partial charge in [0, 0.05) is 32.2 Å². The van der Waals surface area contributed by atoms with Gasteiger partial charge in [0.2, 0.25) is 0 Å². The number of fused-ring (bicyclic) bond motifs is 1. The first-order chi connectivity index (χ1) is 18.3. The van der Waals surface area contributed by atoms with Crippen LogP contribution >= 0.6 is 0 Å². The van der Waals surface area contributed by atoms with Crippen molar-refractivity contribution in [1.29, 1.82) is 5.26 Å². The number of rotatable bonds is 5. The third-order valence-electron chi connectivity index (χ3n) is 7.70. The summed E-state index contributed by atoms with van der Waals surface area (Å²) in [4.78, 5) is 22.0. The fourth-order valence-electron chi connectivity index (χ4n) is 5.55. The molecule has 5 rings (SSSR count). The lowest BCUT2D eigenvalue weighted by atomic mass is 9.92. The van der Waals surface area contributed by atoms with Crippen LogP contribution < -0.4 is 10.5 Å². The number of nitriles is 1. The van der Waals surface area contributed by atoms with E-state index in [0.717, 1.165) is 0 Å². The molecule has 1 N–H and O–H groups in total. The van der Waals surface area contributed by atoms with Crippen molar-refractivity contribution in [2.45, 2.75) is 38.9 Å². The quantitative estimate of drug-likeness (QED) is 0.438. The molecule has 1 aliphatic rings. The van der Waals surface area contributed by atoms with Gasteiger partial charge in [0.1, 0.15) is 17.3 Å². The molecule has 0 spiro atoms. The zero-order valence-electron chi connectivity index (χ0n) is 22.3. The Morgan fingerprint density at radius 2 is 1.61 bits per heavy atom. The lowest BCUT2D eigenvalue weighted by Crippen LogP contribution is -2.60. The van der Waals surface area contributed by atoms with Gasteiger partial charge in [-0.15, -0.1) is 0 Å². The van der Waals surface area contributed by atoms with Crippen molar-refractivity contribution < 1.29 is 5.11 Å². The highest BCUT2D eigenvalue weighted by atomic mass is 16.3. The van der Waals surface area contributed by atoms with Crippen LogP contribution in [-0.4, -0.2) is 51.3 Å². The van der Waals surface area contributed by atoms with E-state index in [4.69, 9.17) is 0 Å². The van der Waals surface area contributed by atoms with Gasteiger partial charge in [-0.25, -0.2) is 4.98 Å². The van der Waals surface area contributed by atoms with Crippen molar-refractivity contribution in [2.75, 3.05) is 24.6 Å². The molecule has 2 aromatic carbocycles. The average molecular weight is 508 g/mol. The van der Waals surface area contributed by atoms with Crippen LogP contribution in [0.4, 0.5) is 5.69 Å². The second-order valence-corrected chi connectivity index (χ2v) is 10.4. The Bertz CT molecular complexity index is 1510. The largest absolute Gasteiger partial charge is 0.395 e. The first-order valence-corrected chi connectivity index (χ1v) is 13.0. The molecule has 4 aromatic rings. The highest BCUT2D eigenvalue weighted by Gasteiger charge is 2.37. The summed E-state index contributed by atoms with van der Waals surface area (Å²) in [5.74, 6) is 0. The minimum Gasteiger partial charge on any atom is -0.395 e. The number of nitrogens with zero attached hydrogens (tertiary/aromatic N) is 5. The molecular formula is C31H33N5O2. The number of hydrogen-bond acceptors (Lipinski definition) is 6. The lowest BCUT2D eigenvalue weighted by Gasteiger charge is -2.49. The first-order valence-electron chi connectivity index (χ1n) is 13.0. The summed E-state index contributed by atoms with van der Waals surface area (Å²) in [6.07, 6.45) is 0. The molecule has 3 heterocycles. The molecule has 38 heavy (non-hydrogen) atoms. The number of anilines is 1. The topological polar surface area (TPSA) is 85.4 Å². The highest BCUT2D eigenvalue weighted by molar-refractivity contribution is 5.89. The van der Waals surface area contributed by atoms with Gasteiger partial charge < -0.3 is 14.6 Å². The number of aryl methyl sites for hydroxylation is 3. The second-order valence-electron chi connectivity index (χ2n) is 10.4.